The average molecular weight is 421 g/mol. The van der Waals surface area contributed by atoms with Gasteiger partial charge in [0.1, 0.15) is 11.4 Å². The van der Waals surface area contributed by atoms with Crippen molar-refractivity contribution in [2.75, 3.05) is 26.2 Å². The molecule has 7 nitrogen and oxygen atoms in total. The molecule has 2 aromatic carbocycles. The van der Waals surface area contributed by atoms with Crippen molar-refractivity contribution in [3.05, 3.63) is 70.8 Å². The van der Waals surface area contributed by atoms with Crippen molar-refractivity contribution in [3.63, 3.8) is 0 Å². The first-order valence-corrected chi connectivity index (χ1v) is 10.6. The number of hydrogen-bond donors (Lipinski definition) is 0. The highest BCUT2D eigenvalue weighted by Gasteiger charge is 2.26. The summed E-state index contributed by atoms with van der Waals surface area (Å²) in [6.45, 7) is 8.68. The Morgan fingerprint density at radius 3 is 2.29 bits per heavy atom. The van der Waals surface area contributed by atoms with Gasteiger partial charge in [-0.25, -0.2) is 9.78 Å². The number of fused-ring (bicyclic) bond motifs is 1. The Balaban J connectivity index is 1.58. The molecule has 0 unspecified atom stereocenters. The number of hydrogen-bond acceptors (Lipinski definition) is 5. The van der Waals surface area contributed by atoms with Crippen LogP contribution in [0.25, 0.3) is 16.6 Å². The van der Waals surface area contributed by atoms with Crippen LogP contribution in [0.3, 0.4) is 0 Å². The second-order valence-electron chi connectivity index (χ2n) is 8.76. The lowest BCUT2D eigenvalue weighted by Gasteiger charge is -2.35. The lowest BCUT2D eigenvalue weighted by atomic mass is 10.2. The van der Waals surface area contributed by atoms with Gasteiger partial charge in [-0.2, -0.15) is 0 Å². The molecule has 1 aliphatic rings. The van der Waals surface area contributed by atoms with E-state index in [0.717, 1.165) is 5.69 Å². The predicted molar refractivity (Wildman–Crippen MR) is 120 cm³/mol. The standard InChI is InChI=1S/C24H28N4O3/c1-24(2,3)31-23(30)27-15-13-26(14-16-27)17-21-25-20-12-8-7-11-19(20)22(29)28(21)18-9-5-4-6-10-18/h4-12H,13-17H2,1-3H3. The van der Waals surface area contributed by atoms with Gasteiger partial charge >= 0.3 is 6.09 Å². The van der Waals surface area contributed by atoms with Gasteiger partial charge in [-0.15, -0.1) is 0 Å². The maximum Gasteiger partial charge on any atom is 0.410 e. The summed E-state index contributed by atoms with van der Waals surface area (Å²) < 4.78 is 7.18. The SMILES string of the molecule is CC(C)(C)OC(=O)N1CCN(Cc2nc3ccccc3c(=O)n2-c2ccccc2)CC1. The largest absolute Gasteiger partial charge is 0.444 e. The Hall–Kier alpha value is -3.19. The van der Waals surface area contributed by atoms with Crippen molar-refractivity contribution < 1.29 is 9.53 Å². The van der Waals surface area contributed by atoms with E-state index in [1.165, 1.54) is 0 Å². The predicted octanol–water partition coefficient (Wildman–Crippen LogP) is 3.44. The van der Waals surface area contributed by atoms with E-state index in [0.29, 0.717) is 49.5 Å². The van der Waals surface area contributed by atoms with Gasteiger partial charge in [0.05, 0.1) is 23.1 Å². The third-order valence-electron chi connectivity index (χ3n) is 5.25. The summed E-state index contributed by atoms with van der Waals surface area (Å²) in [4.78, 5) is 34.4. The number of amides is 1. The first-order chi connectivity index (χ1) is 14.8. The van der Waals surface area contributed by atoms with Crippen LogP contribution in [0, 0.1) is 0 Å². The highest BCUT2D eigenvalue weighted by molar-refractivity contribution is 5.77. The molecule has 0 aliphatic carbocycles. The number of rotatable bonds is 3. The van der Waals surface area contributed by atoms with Crippen molar-refractivity contribution in [2.24, 2.45) is 0 Å². The Morgan fingerprint density at radius 1 is 0.968 bits per heavy atom. The monoisotopic (exact) mass is 420 g/mol. The fourth-order valence-corrected chi connectivity index (χ4v) is 3.74. The summed E-state index contributed by atoms with van der Waals surface area (Å²) >= 11 is 0. The van der Waals surface area contributed by atoms with E-state index in [1.54, 1.807) is 9.47 Å². The zero-order chi connectivity index (χ0) is 22.0. The topological polar surface area (TPSA) is 67.7 Å². The van der Waals surface area contributed by atoms with Crippen LogP contribution < -0.4 is 5.56 Å². The van der Waals surface area contributed by atoms with Crippen LogP contribution in [0.5, 0.6) is 0 Å². The minimum absolute atomic E-state index is 0.0702. The molecule has 1 saturated heterocycles. The molecule has 3 aromatic rings. The molecule has 0 bridgehead atoms. The van der Waals surface area contributed by atoms with Gasteiger partial charge in [0.2, 0.25) is 0 Å². The molecule has 31 heavy (non-hydrogen) atoms. The molecule has 1 aromatic heterocycles. The van der Waals surface area contributed by atoms with Crippen LogP contribution in [-0.2, 0) is 11.3 Å². The van der Waals surface area contributed by atoms with Crippen LogP contribution in [0.4, 0.5) is 4.79 Å². The van der Waals surface area contributed by atoms with Crippen LogP contribution >= 0.6 is 0 Å². The molecule has 7 heteroatoms. The summed E-state index contributed by atoms with van der Waals surface area (Å²) in [6, 6.07) is 17.0. The third-order valence-corrected chi connectivity index (χ3v) is 5.25. The van der Waals surface area contributed by atoms with E-state index >= 15 is 0 Å². The molecule has 1 fully saturated rings. The molecule has 4 rings (SSSR count). The molecule has 0 N–H and O–H groups in total. The van der Waals surface area contributed by atoms with E-state index in [4.69, 9.17) is 9.72 Å². The maximum atomic E-state index is 13.3. The Labute approximate surface area is 181 Å². The fraction of sp³-hybridized carbons (Fsp3) is 0.375. The normalized spacial score (nSPS) is 15.3. The molecule has 1 aliphatic heterocycles. The molecule has 162 valence electrons. The number of carbonyl (C=O) groups excluding carboxylic acids is 1. The lowest BCUT2D eigenvalue weighted by Crippen LogP contribution is -2.50. The zero-order valence-electron chi connectivity index (χ0n) is 18.2. The third kappa shape index (κ3) is 4.77. The summed E-state index contributed by atoms with van der Waals surface area (Å²) in [5.74, 6) is 0.695. The minimum Gasteiger partial charge on any atom is -0.444 e. The number of benzene rings is 2. The molecule has 0 spiro atoms. The fourth-order valence-electron chi connectivity index (χ4n) is 3.74. The van der Waals surface area contributed by atoms with E-state index in [2.05, 4.69) is 4.90 Å². The van der Waals surface area contributed by atoms with E-state index in [9.17, 15) is 9.59 Å². The zero-order valence-corrected chi connectivity index (χ0v) is 18.2. The highest BCUT2D eigenvalue weighted by Crippen LogP contribution is 2.16. The number of ether oxygens (including phenoxy) is 1. The average Bonchev–Trinajstić information content (AvgIpc) is 2.74. The summed E-state index contributed by atoms with van der Waals surface area (Å²) in [5.41, 5.74) is 0.920. The first kappa shape index (κ1) is 21.1. The van der Waals surface area contributed by atoms with E-state index in [1.807, 2.05) is 75.4 Å². The van der Waals surface area contributed by atoms with Gasteiger partial charge in [-0.3, -0.25) is 14.3 Å². The first-order valence-electron chi connectivity index (χ1n) is 10.6. The molecule has 1 amide bonds. The number of nitrogens with zero attached hydrogens (tertiary/aromatic N) is 4. The number of para-hydroxylation sites is 2. The van der Waals surface area contributed by atoms with Crippen LogP contribution in [-0.4, -0.2) is 57.2 Å². The lowest BCUT2D eigenvalue weighted by molar-refractivity contribution is 0.0136. The minimum atomic E-state index is -0.505. The van der Waals surface area contributed by atoms with Gasteiger partial charge in [0.25, 0.3) is 5.56 Å². The molecular formula is C24H28N4O3. The van der Waals surface area contributed by atoms with Crippen LogP contribution in [0.1, 0.15) is 26.6 Å². The van der Waals surface area contributed by atoms with Crippen molar-refractivity contribution in [3.8, 4) is 5.69 Å². The van der Waals surface area contributed by atoms with Gasteiger partial charge in [0.15, 0.2) is 0 Å². The second-order valence-corrected chi connectivity index (χ2v) is 8.76. The molecular weight excluding hydrogens is 392 g/mol. The van der Waals surface area contributed by atoms with Crippen molar-refractivity contribution >= 4 is 17.0 Å². The van der Waals surface area contributed by atoms with Crippen LogP contribution in [0.15, 0.2) is 59.4 Å². The van der Waals surface area contributed by atoms with E-state index in [-0.39, 0.29) is 11.7 Å². The summed E-state index contributed by atoms with van der Waals surface area (Å²) in [7, 11) is 0. The van der Waals surface area contributed by atoms with Crippen molar-refractivity contribution in [2.45, 2.75) is 32.9 Å². The Bertz CT molecular complexity index is 1130. The van der Waals surface area contributed by atoms with Gasteiger partial charge in [-0.1, -0.05) is 30.3 Å². The highest BCUT2D eigenvalue weighted by atomic mass is 16.6. The maximum absolute atomic E-state index is 13.3. The number of aromatic nitrogens is 2. The Morgan fingerprint density at radius 2 is 1.61 bits per heavy atom. The quantitative estimate of drug-likeness (QED) is 0.649. The summed E-state index contributed by atoms with van der Waals surface area (Å²) in [5, 5.41) is 0.602. The number of carbonyl (C=O) groups is 1. The summed E-state index contributed by atoms with van der Waals surface area (Å²) in [6.07, 6.45) is -0.280. The molecule has 0 radical (unpaired) electrons. The van der Waals surface area contributed by atoms with Gasteiger partial charge in [-0.05, 0) is 45.0 Å². The van der Waals surface area contributed by atoms with Gasteiger partial charge in [0, 0.05) is 26.2 Å². The molecule has 2 heterocycles. The molecule has 0 saturated carbocycles. The second kappa shape index (κ2) is 8.51. The van der Waals surface area contributed by atoms with Crippen molar-refractivity contribution in [1.82, 2.24) is 19.4 Å². The van der Waals surface area contributed by atoms with Gasteiger partial charge < -0.3 is 9.64 Å². The Kier molecular flexibility index (Phi) is 5.78. The molecule has 0 atom stereocenters. The van der Waals surface area contributed by atoms with E-state index < -0.39 is 5.60 Å². The number of piperazine rings is 1. The van der Waals surface area contributed by atoms with Crippen molar-refractivity contribution in [1.29, 1.82) is 0 Å². The van der Waals surface area contributed by atoms with Crippen LogP contribution in [0.2, 0.25) is 0 Å². The smallest absolute Gasteiger partial charge is 0.410 e.